The zero-order valence-corrected chi connectivity index (χ0v) is 9.50. The number of thioether (sulfide) groups is 1. The van der Waals surface area contributed by atoms with Crippen LogP contribution in [0.1, 0.15) is 26.2 Å². The maximum atomic E-state index is 11.7. The lowest BCUT2D eigenvalue weighted by molar-refractivity contribution is -0.149. The molecule has 2 aliphatic rings. The van der Waals surface area contributed by atoms with Gasteiger partial charge in [0.25, 0.3) is 0 Å². The zero-order valence-electron chi connectivity index (χ0n) is 8.68. The van der Waals surface area contributed by atoms with E-state index in [1.54, 1.807) is 23.6 Å². The van der Waals surface area contributed by atoms with Crippen molar-refractivity contribution in [2.24, 2.45) is 5.92 Å². The summed E-state index contributed by atoms with van der Waals surface area (Å²) in [7, 11) is 0. The van der Waals surface area contributed by atoms with Gasteiger partial charge in [0, 0.05) is 12.2 Å². The SMILES string of the molecule is CCC(=O)N1C(C(=O)O)CSC1C1CC1. The van der Waals surface area contributed by atoms with E-state index < -0.39 is 12.0 Å². The predicted octanol–water partition coefficient (Wildman–Crippen LogP) is 1.16. The second kappa shape index (κ2) is 4.04. The fourth-order valence-electron chi connectivity index (χ4n) is 1.96. The van der Waals surface area contributed by atoms with Gasteiger partial charge in [-0.1, -0.05) is 6.92 Å². The third kappa shape index (κ3) is 1.97. The Hall–Kier alpha value is -0.710. The Bertz CT molecular complexity index is 290. The molecule has 0 bridgehead atoms. The molecule has 1 N–H and O–H groups in total. The topological polar surface area (TPSA) is 57.6 Å². The van der Waals surface area contributed by atoms with Crippen LogP contribution in [0, 0.1) is 5.92 Å². The molecule has 84 valence electrons. The van der Waals surface area contributed by atoms with E-state index in [1.165, 1.54) is 0 Å². The van der Waals surface area contributed by atoms with Gasteiger partial charge >= 0.3 is 5.97 Å². The summed E-state index contributed by atoms with van der Waals surface area (Å²) in [6.45, 7) is 1.79. The third-order valence-electron chi connectivity index (χ3n) is 2.94. The molecule has 1 aliphatic carbocycles. The van der Waals surface area contributed by atoms with Crippen LogP contribution in [0.2, 0.25) is 0 Å². The van der Waals surface area contributed by atoms with Crippen molar-refractivity contribution in [1.82, 2.24) is 4.90 Å². The Balaban J connectivity index is 2.14. The fraction of sp³-hybridized carbons (Fsp3) is 0.800. The quantitative estimate of drug-likeness (QED) is 0.789. The molecule has 2 fully saturated rings. The summed E-state index contributed by atoms with van der Waals surface area (Å²) < 4.78 is 0. The van der Waals surface area contributed by atoms with E-state index in [1.807, 2.05) is 0 Å². The Labute approximate surface area is 93.0 Å². The first kappa shape index (κ1) is 10.8. The molecule has 0 aromatic carbocycles. The van der Waals surface area contributed by atoms with Crippen LogP contribution in [0.5, 0.6) is 0 Å². The number of carbonyl (C=O) groups is 2. The van der Waals surface area contributed by atoms with E-state index in [0.29, 0.717) is 18.1 Å². The van der Waals surface area contributed by atoms with E-state index in [0.717, 1.165) is 12.8 Å². The number of aliphatic carboxylic acids is 1. The minimum Gasteiger partial charge on any atom is -0.480 e. The van der Waals surface area contributed by atoms with Gasteiger partial charge in [-0.2, -0.15) is 0 Å². The Kier molecular flexibility index (Phi) is 2.91. The highest BCUT2D eigenvalue weighted by Crippen LogP contribution is 2.45. The summed E-state index contributed by atoms with van der Waals surface area (Å²) in [5.74, 6) is 0.189. The molecule has 5 heteroatoms. The van der Waals surface area contributed by atoms with Crippen LogP contribution >= 0.6 is 11.8 Å². The van der Waals surface area contributed by atoms with Crippen molar-refractivity contribution in [3.63, 3.8) is 0 Å². The van der Waals surface area contributed by atoms with Crippen molar-refractivity contribution in [2.45, 2.75) is 37.6 Å². The molecule has 1 amide bonds. The smallest absolute Gasteiger partial charge is 0.327 e. The average Bonchev–Trinajstić information content (AvgIpc) is 2.95. The van der Waals surface area contributed by atoms with E-state index in [9.17, 15) is 9.59 Å². The molecule has 2 atom stereocenters. The first-order valence-electron chi connectivity index (χ1n) is 5.30. The van der Waals surface area contributed by atoms with Gasteiger partial charge in [-0.15, -0.1) is 11.8 Å². The van der Waals surface area contributed by atoms with Crippen LogP contribution < -0.4 is 0 Å². The molecular formula is C10H15NO3S. The molecule has 0 aromatic heterocycles. The predicted molar refractivity (Wildman–Crippen MR) is 57.5 cm³/mol. The Morgan fingerprint density at radius 1 is 1.47 bits per heavy atom. The van der Waals surface area contributed by atoms with E-state index in [2.05, 4.69) is 0 Å². The molecule has 0 aromatic rings. The van der Waals surface area contributed by atoms with Crippen LogP contribution in [-0.4, -0.2) is 39.1 Å². The number of nitrogens with zero attached hydrogens (tertiary/aromatic N) is 1. The van der Waals surface area contributed by atoms with Gasteiger partial charge in [-0.25, -0.2) is 4.79 Å². The van der Waals surface area contributed by atoms with Gasteiger partial charge in [-0.3, -0.25) is 4.79 Å². The summed E-state index contributed by atoms with van der Waals surface area (Å²) >= 11 is 1.63. The molecule has 1 heterocycles. The Morgan fingerprint density at radius 3 is 2.60 bits per heavy atom. The van der Waals surface area contributed by atoms with Gasteiger partial charge in [0.15, 0.2) is 0 Å². The van der Waals surface area contributed by atoms with Crippen molar-refractivity contribution >= 4 is 23.6 Å². The first-order chi connectivity index (χ1) is 7.15. The molecule has 1 saturated heterocycles. The summed E-state index contributed by atoms with van der Waals surface area (Å²) in [6.07, 6.45) is 2.67. The standard InChI is InChI=1S/C10H15NO3S/c1-2-8(12)11-7(10(13)14)5-15-9(11)6-3-4-6/h6-7,9H,2-5H2,1H3,(H,13,14). The van der Waals surface area contributed by atoms with Crippen molar-refractivity contribution in [2.75, 3.05) is 5.75 Å². The zero-order chi connectivity index (χ0) is 11.0. The molecule has 2 rings (SSSR count). The minimum atomic E-state index is -0.868. The van der Waals surface area contributed by atoms with Gasteiger partial charge < -0.3 is 10.0 Å². The van der Waals surface area contributed by atoms with Crippen LogP contribution in [0.4, 0.5) is 0 Å². The van der Waals surface area contributed by atoms with Crippen LogP contribution in [0.15, 0.2) is 0 Å². The summed E-state index contributed by atoms with van der Waals surface area (Å²) in [6, 6.07) is -0.604. The highest BCUT2D eigenvalue weighted by Gasteiger charge is 2.47. The van der Waals surface area contributed by atoms with Crippen molar-refractivity contribution in [3.8, 4) is 0 Å². The second-order valence-corrected chi connectivity index (χ2v) is 5.22. The molecule has 1 saturated carbocycles. The van der Waals surface area contributed by atoms with Crippen LogP contribution in [-0.2, 0) is 9.59 Å². The first-order valence-corrected chi connectivity index (χ1v) is 6.35. The highest BCUT2D eigenvalue weighted by molar-refractivity contribution is 8.00. The van der Waals surface area contributed by atoms with Gasteiger partial charge in [0.1, 0.15) is 6.04 Å². The lowest BCUT2D eigenvalue weighted by Crippen LogP contribution is -2.46. The maximum Gasteiger partial charge on any atom is 0.327 e. The number of amides is 1. The van der Waals surface area contributed by atoms with E-state index in [-0.39, 0.29) is 11.3 Å². The highest BCUT2D eigenvalue weighted by atomic mass is 32.2. The van der Waals surface area contributed by atoms with Gasteiger partial charge in [-0.05, 0) is 18.8 Å². The van der Waals surface area contributed by atoms with Gasteiger partial charge in [0.05, 0.1) is 5.37 Å². The lowest BCUT2D eigenvalue weighted by Gasteiger charge is -2.26. The summed E-state index contributed by atoms with van der Waals surface area (Å²) in [5.41, 5.74) is 0. The average molecular weight is 229 g/mol. The van der Waals surface area contributed by atoms with E-state index >= 15 is 0 Å². The number of carbonyl (C=O) groups excluding carboxylic acids is 1. The molecule has 15 heavy (non-hydrogen) atoms. The number of hydrogen-bond acceptors (Lipinski definition) is 3. The van der Waals surface area contributed by atoms with Crippen molar-refractivity contribution < 1.29 is 14.7 Å². The number of hydrogen-bond donors (Lipinski definition) is 1. The van der Waals surface area contributed by atoms with Crippen LogP contribution in [0.25, 0.3) is 0 Å². The van der Waals surface area contributed by atoms with Crippen molar-refractivity contribution in [1.29, 1.82) is 0 Å². The monoisotopic (exact) mass is 229 g/mol. The number of carboxylic acids is 1. The maximum absolute atomic E-state index is 11.7. The number of rotatable bonds is 3. The largest absolute Gasteiger partial charge is 0.480 e. The summed E-state index contributed by atoms with van der Waals surface area (Å²) in [4.78, 5) is 24.3. The normalized spacial score (nSPS) is 30.6. The van der Waals surface area contributed by atoms with Crippen LogP contribution in [0.3, 0.4) is 0 Å². The molecular weight excluding hydrogens is 214 g/mol. The molecule has 0 spiro atoms. The Morgan fingerprint density at radius 2 is 2.13 bits per heavy atom. The third-order valence-corrected chi connectivity index (χ3v) is 4.40. The molecule has 2 unspecified atom stereocenters. The summed E-state index contributed by atoms with van der Waals surface area (Å²) in [5, 5.41) is 9.16. The fourth-order valence-corrected chi connectivity index (χ4v) is 3.61. The van der Waals surface area contributed by atoms with Gasteiger partial charge in [0.2, 0.25) is 5.91 Å². The van der Waals surface area contributed by atoms with E-state index in [4.69, 9.17) is 5.11 Å². The second-order valence-electron chi connectivity index (χ2n) is 4.07. The lowest BCUT2D eigenvalue weighted by atomic mass is 10.2. The molecule has 0 radical (unpaired) electrons. The van der Waals surface area contributed by atoms with Crippen molar-refractivity contribution in [3.05, 3.63) is 0 Å². The minimum absolute atomic E-state index is 0.0238. The molecule has 4 nitrogen and oxygen atoms in total. The number of carboxylic acid groups (broad SMARTS) is 1. The molecule has 1 aliphatic heterocycles.